The number of aryl methyl sites for hydroxylation is 2. The maximum atomic E-state index is 12.6. The SMILES string of the molecule is CCOC(=O)c1cnc(SC)n(CC(=O)Nc2ccc(C)cc2C)c1=O. The molecule has 138 valence electrons. The normalized spacial score (nSPS) is 10.5. The molecule has 7 nitrogen and oxygen atoms in total. The second kappa shape index (κ2) is 8.66. The fourth-order valence-corrected chi connectivity index (χ4v) is 2.94. The van der Waals surface area contributed by atoms with Gasteiger partial charge >= 0.3 is 5.97 Å². The van der Waals surface area contributed by atoms with Gasteiger partial charge in [-0.25, -0.2) is 9.78 Å². The first-order chi connectivity index (χ1) is 12.4. The summed E-state index contributed by atoms with van der Waals surface area (Å²) in [7, 11) is 0. The average molecular weight is 375 g/mol. The third-order valence-electron chi connectivity index (χ3n) is 3.65. The molecule has 1 amide bonds. The molecule has 0 saturated heterocycles. The molecule has 0 saturated carbocycles. The Kier molecular flexibility index (Phi) is 6.57. The van der Waals surface area contributed by atoms with E-state index in [1.54, 1.807) is 13.2 Å². The summed E-state index contributed by atoms with van der Waals surface area (Å²) in [5.74, 6) is -1.13. The number of nitrogens with zero attached hydrogens (tertiary/aromatic N) is 2. The van der Waals surface area contributed by atoms with Crippen molar-refractivity contribution in [1.29, 1.82) is 0 Å². The van der Waals surface area contributed by atoms with E-state index in [0.29, 0.717) is 10.8 Å². The molecule has 26 heavy (non-hydrogen) atoms. The summed E-state index contributed by atoms with van der Waals surface area (Å²) in [6.45, 7) is 5.41. The lowest BCUT2D eigenvalue weighted by Gasteiger charge is -2.13. The molecule has 0 radical (unpaired) electrons. The molecule has 0 aliphatic rings. The van der Waals surface area contributed by atoms with Crippen LogP contribution in [-0.4, -0.2) is 34.3 Å². The monoisotopic (exact) mass is 375 g/mol. The number of ether oxygens (including phenoxy) is 1. The van der Waals surface area contributed by atoms with Gasteiger partial charge in [0.2, 0.25) is 5.91 Å². The molecule has 1 aromatic carbocycles. The number of amides is 1. The number of nitrogens with one attached hydrogen (secondary N) is 1. The molecule has 0 bridgehead atoms. The molecular weight excluding hydrogens is 354 g/mol. The van der Waals surface area contributed by atoms with Crippen molar-refractivity contribution >= 4 is 29.3 Å². The van der Waals surface area contributed by atoms with Crippen LogP contribution < -0.4 is 10.9 Å². The third kappa shape index (κ3) is 4.51. The Labute approximate surface area is 155 Å². The van der Waals surface area contributed by atoms with Crippen molar-refractivity contribution in [1.82, 2.24) is 9.55 Å². The number of thioether (sulfide) groups is 1. The lowest BCUT2D eigenvalue weighted by molar-refractivity contribution is -0.116. The van der Waals surface area contributed by atoms with Crippen LogP contribution in [0, 0.1) is 13.8 Å². The zero-order valence-electron chi connectivity index (χ0n) is 15.2. The molecular formula is C18H21N3O4S. The summed E-state index contributed by atoms with van der Waals surface area (Å²) in [6, 6.07) is 5.66. The van der Waals surface area contributed by atoms with Gasteiger partial charge in [-0.15, -0.1) is 0 Å². The van der Waals surface area contributed by atoms with Gasteiger partial charge in [-0.3, -0.25) is 14.2 Å². The molecule has 1 N–H and O–H groups in total. The maximum Gasteiger partial charge on any atom is 0.345 e. The zero-order valence-corrected chi connectivity index (χ0v) is 16.0. The molecule has 2 aromatic rings. The van der Waals surface area contributed by atoms with Gasteiger partial charge in [0, 0.05) is 5.69 Å². The summed E-state index contributed by atoms with van der Waals surface area (Å²) < 4.78 is 6.04. The molecule has 0 fully saturated rings. The Balaban J connectivity index is 2.29. The molecule has 0 spiro atoms. The van der Waals surface area contributed by atoms with E-state index in [2.05, 4.69) is 10.3 Å². The Morgan fingerprint density at radius 1 is 1.31 bits per heavy atom. The number of hydrogen-bond donors (Lipinski definition) is 1. The standard InChI is InChI=1S/C18H21N3O4S/c1-5-25-17(24)13-9-19-18(26-4)21(16(13)23)10-15(22)20-14-7-6-11(2)8-12(14)3/h6-9H,5,10H2,1-4H3,(H,20,22). The number of hydrogen-bond acceptors (Lipinski definition) is 6. The Bertz CT molecular complexity index is 892. The number of benzene rings is 1. The minimum absolute atomic E-state index is 0.149. The highest BCUT2D eigenvalue weighted by Crippen LogP contribution is 2.16. The van der Waals surface area contributed by atoms with Gasteiger partial charge in [0.25, 0.3) is 5.56 Å². The number of carbonyl (C=O) groups is 2. The molecule has 1 aromatic heterocycles. The van der Waals surface area contributed by atoms with Crippen molar-refractivity contribution in [3.8, 4) is 0 Å². The van der Waals surface area contributed by atoms with E-state index in [0.717, 1.165) is 11.1 Å². The average Bonchev–Trinajstić information content (AvgIpc) is 2.59. The number of rotatable bonds is 6. The van der Waals surface area contributed by atoms with E-state index >= 15 is 0 Å². The van der Waals surface area contributed by atoms with E-state index in [9.17, 15) is 14.4 Å². The molecule has 0 atom stereocenters. The maximum absolute atomic E-state index is 12.6. The first kappa shape index (κ1) is 19.7. The van der Waals surface area contributed by atoms with Crippen LogP contribution in [0.25, 0.3) is 0 Å². The summed E-state index contributed by atoms with van der Waals surface area (Å²) in [4.78, 5) is 41.0. The number of anilines is 1. The quantitative estimate of drug-likeness (QED) is 0.474. The molecule has 2 rings (SSSR count). The Morgan fingerprint density at radius 2 is 2.04 bits per heavy atom. The first-order valence-electron chi connectivity index (χ1n) is 8.05. The van der Waals surface area contributed by atoms with Crippen LogP contribution >= 0.6 is 11.8 Å². The van der Waals surface area contributed by atoms with Crippen LogP contribution in [0.1, 0.15) is 28.4 Å². The molecule has 0 aliphatic heterocycles. The van der Waals surface area contributed by atoms with Crippen molar-refractivity contribution in [3.05, 3.63) is 51.4 Å². The fourth-order valence-electron chi connectivity index (χ4n) is 2.42. The highest BCUT2D eigenvalue weighted by atomic mass is 32.2. The second-order valence-corrected chi connectivity index (χ2v) is 6.41. The highest BCUT2D eigenvalue weighted by Gasteiger charge is 2.19. The molecule has 0 aliphatic carbocycles. The van der Waals surface area contributed by atoms with Crippen LogP contribution in [0.3, 0.4) is 0 Å². The Hall–Kier alpha value is -2.61. The lowest BCUT2D eigenvalue weighted by atomic mass is 10.1. The number of aromatic nitrogens is 2. The fraction of sp³-hybridized carbons (Fsp3) is 0.333. The highest BCUT2D eigenvalue weighted by molar-refractivity contribution is 7.98. The van der Waals surface area contributed by atoms with Crippen LogP contribution in [0.15, 0.2) is 34.3 Å². The topological polar surface area (TPSA) is 90.3 Å². The predicted octanol–water partition coefficient (Wildman–Crippen LogP) is 2.40. The third-order valence-corrected chi connectivity index (χ3v) is 4.34. The summed E-state index contributed by atoms with van der Waals surface area (Å²) in [6.07, 6.45) is 2.93. The summed E-state index contributed by atoms with van der Waals surface area (Å²) >= 11 is 1.22. The number of carbonyl (C=O) groups excluding carboxylic acids is 2. The van der Waals surface area contributed by atoms with Gasteiger partial charge in [-0.05, 0) is 38.7 Å². The lowest BCUT2D eigenvalue weighted by Crippen LogP contribution is -2.33. The first-order valence-corrected chi connectivity index (χ1v) is 9.27. The van der Waals surface area contributed by atoms with E-state index in [-0.39, 0.29) is 24.6 Å². The summed E-state index contributed by atoms with van der Waals surface area (Å²) in [5, 5.41) is 3.13. The predicted molar refractivity (Wildman–Crippen MR) is 101 cm³/mol. The van der Waals surface area contributed by atoms with Crippen molar-refractivity contribution in [2.75, 3.05) is 18.2 Å². The zero-order chi connectivity index (χ0) is 19.3. The minimum Gasteiger partial charge on any atom is -0.462 e. The van der Waals surface area contributed by atoms with Crippen molar-refractivity contribution in [2.45, 2.75) is 32.5 Å². The van der Waals surface area contributed by atoms with Gasteiger partial charge in [0.05, 0.1) is 12.8 Å². The van der Waals surface area contributed by atoms with Crippen molar-refractivity contribution < 1.29 is 14.3 Å². The van der Waals surface area contributed by atoms with Crippen molar-refractivity contribution in [3.63, 3.8) is 0 Å². The van der Waals surface area contributed by atoms with Crippen LogP contribution in [-0.2, 0) is 16.1 Å². The van der Waals surface area contributed by atoms with E-state index in [1.165, 1.54) is 22.5 Å². The van der Waals surface area contributed by atoms with Gasteiger partial charge < -0.3 is 10.1 Å². The minimum atomic E-state index is -0.749. The van der Waals surface area contributed by atoms with Gasteiger partial charge in [-0.1, -0.05) is 29.5 Å². The Morgan fingerprint density at radius 3 is 2.65 bits per heavy atom. The van der Waals surface area contributed by atoms with E-state index < -0.39 is 11.5 Å². The number of esters is 1. The van der Waals surface area contributed by atoms with Crippen LogP contribution in [0.4, 0.5) is 5.69 Å². The second-order valence-electron chi connectivity index (χ2n) is 5.64. The summed E-state index contributed by atoms with van der Waals surface area (Å²) in [5.41, 5.74) is 1.90. The molecule has 8 heteroatoms. The van der Waals surface area contributed by atoms with E-state index in [1.807, 2.05) is 32.0 Å². The van der Waals surface area contributed by atoms with Gasteiger partial charge in [0.15, 0.2) is 5.16 Å². The van der Waals surface area contributed by atoms with Gasteiger partial charge in [0.1, 0.15) is 12.1 Å². The molecule has 0 unspecified atom stereocenters. The van der Waals surface area contributed by atoms with E-state index in [4.69, 9.17) is 4.74 Å². The van der Waals surface area contributed by atoms with Gasteiger partial charge in [-0.2, -0.15) is 0 Å². The van der Waals surface area contributed by atoms with Crippen molar-refractivity contribution in [2.24, 2.45) is 0 Å². The molecule has 1 heterocycles. The van der Waals surface area contributed by atoms with Crippen LogP contribution in [0.5, 0.6) is 0 Å². The largest absolute Gasteiger partial charge is 0.462 e. The smallest absolute Gasteiger partial charge is 0.345 e. The van der Waals surface area contributed by atoms with Crippen LogP contribution in [0.2, 0.25) is 0 Å².